The number of fused-ring (bicyclic) bond motifs is 1. The van der Waals surface area contributed by atoms with Crippen LogP contribution in [-0.4, -0.2) is 6.61 Å². The zero-order valence-electron chi connectivity index (χ0n) is 11.6. The second-order valence-corrected chi connectivity index (χ2v) is 4.49. The van der Waals surface area contributed by atoms with Crippen LogP contribution in [0.5, 0.6) is 5.75 Å². The summed E-state index contributed by atoms with van der Waals surface area (Å²) in [6.07, 6.45) is -2.17. The van der Waals surface area contributed by atoms with Crippen molar-refractivity contribution in [3.63, 3.8) is 0 Å². The van der Waals surface area contributed by atoms with Crippen molar-refractivity contribution in [1.29, 1.82) is 0 Å². The van der Waals surface area contributed by atoms with E-state index in [-0.39, 0.29) is 24.0 Å². The highest BCUT2D eigenvalue weighted by atomic mass is 19.4. The monoisotopic (exact) mass is 310 g/mol. The molecule has 22 heavy (non-hydrogen) atoms. The molecule has 1 aromatic heterocycles. The fourth-order valence-electron chi connectivity index (χ4n) is 2.12. The van der Waals surface area contributed by atoms with E-state index in [1.165, 1.54) is 30.4 Å². The highest BCUT2D eigenvalue weighted by Gasteiger charge is 2.37. The van der Waals surface area contributed by atoms with Gasteiger partial charge in [0.25, 0.3) is 0 Å². The van der Waals surface area contributed by atoms with Crippen molar-refractivity contribution >= 4 is 11.0 Å². The molecule has 0 saturated carbocycles. The molecule has 0 radical (unpaired) electrons. The Morgan fingerprint density at radius 1 is 1.23 bits per heavy atom. The SMILES string of the molecule is C=CCOc1ccc2c(C(F)(F)F)c(CC=C)c(=O)oc2c1. The molecule has 0 fully saturated rings. The maximum atomic E-state index is 13.3. The third-order valence-electron chi connectivity index (χ3n) is 2.97. The number of alkyl halides is 3. The molecule has 2 aromatic rings. The second-order valence-electron chi connectivity index (χ2n) is 4.49. The van der Waals surface area contributed by atoms with E-state index < -0.39 is 22.9 Å². The van der Waals surface area contributed by atoms with Gasteiger partial charge in [-0.05, 0) is 18.6 Å². The van der Waals surface area contributed by atoms with Gasteiger partial charge in [-0.2, -0.15) is 13.2 Å². The summed E-state index contributed by atoms with van der Waals surface area (Å²) in [6, 6.07) is 3.87. The predicted molar refractivity (Wildman–Crippen MR) is 77.1 cm³/mol. The van der Waals surface area contributed by atoms with Gasteiger partial charge in [0.1, 0.15) is 17.9 Å². The third-order valence-corrected chi connectivity index (χ3v) is 2.97. The number of allylic oxidation sites excluding steroid dienone is 1. The molecule has 116 valence electrons. The lowest BCUT2D eigenvalue weighted by Gasteiger charge is -2.14. The molecule has 2 rings (SSSR count). The Morgan fingerprint density at radius 2 is 1.95 bits per heavy atom. The van der Waals surface area contributed by atoms with Crippen LogP contribution >= 0.6 is 0 Å². The van der Waals surface area contributed by atoms with Gasteiger partial charge >= 0.3 is 11.8 Å². The summed E-state index contributed by atoms with van der Waals surface area (Å²) in [4.78, 5) is 11.8. The van der Waals surface area contributed by atoms with Crippen LogP contribution in [0.1, 0.15) is 11.1 Å². The van der Waals surface area contributed by atoms with Gasteiger partial charge in [-0.3, -0.25) is 0 Å². The normalized spacial score (nSPS) is 11.4. The molecular formula is C16H13F3O3. The standard InChI is InChI=1S/C16H13F3O3/c1-3-5-12-14(16(17,18)19)11-7-6-10(21-8-4-2)9-13(11)22-15(12)20/h3-4,6-7,9H,1-2,5,8H2. The first kappa shape index (κ1) is 15.9. The van der Waals surface area contributed by atoms with Gasteiger partial charge in [-0.1, -0.05) is 18.7 Å². The second kappa shape index (κ2) is 6.09. The summed E-state index contributed by atoms with van der Waals surface area (Å²) in [5.41, 5.74) is -2.64. The minimum absolute atomic E-state index is 0.174. The Bertz CT molecular complexity index is 773. The van der Waals surface area contributed by atoms with Gasteiger partial charge in [0.2, 0.25) is 0 Å². The summed E-state index contributed by atoms with van der Waals surface area (Å²) in [7, 11) is 0. The van der Waals surface area contributed by atoms with Crippen LogP contribution in [0.3, 0.4) is 0 Å². The zero-order chi connectivity index (χ0) is 16.3. The van der Waals surface area contributed by atoms with E-state index in [1.54, 1.807) is 0 Å². The van der Waals surface area contributed by atoms with Gasteiger partial charge in [-0.15, -0.1) is 6.58 Å². The van der Waals surface area contributed by atoms with Gasteiger partial charge < -0.3 is 9.15 Å². The van der Waals surface area contributed by atoms with Gasteiger partial charge in [0.05, 0.1) is 11.1 Å². The lowest BCUT2D eigenvalue weighted by Crippen LogP contribution is -2.18. The molecule has 6 heteroatoms. The van der Waals surface area contributed by atoms with Crippen LogP contribution < -0.4 is 10.4 Å². The number of hydrogen-bond acceptors (Lipinski definition) is 3. The largest absolute Gasteiger partial charge is 0.489 e. The van der Waals surface area contributed by atoms with E-state index in [9.17, 15) is 18.0 Å². The lowest BCUT2D eigenvalue weighted by atomic mass is 10.0. The number of ether oxygens (including phenoxy) is 1. The Morgan fingerprint density at radius 3 is 2.55 bits per heavy atom. The predicted octanol–water partition coefficient (Wildman–Crippen LogP) is 4.11. The Kier molecular flexibility index (Phi) is 4.40. The van der Waals surface area contributed by atoms with Gasteiger partial charge in [0, 0.05) is 11.5 Å². The topological polar surface area (TPSA) is 39.4 Å². The molecule has 0 aliphatic rings. The molecule has 0 aliphatic heterocycles. The van der Waals surface area contributed by atoms with Gasteiger partial charge in [0.15, 0.2) is 0 Å². The fourth-order valence-corrected chi connectivity index (χ4v) is 2.12. The highest BCUT2D eigenvalue weighted by molar-refractivity contribution is 5.83. The molecule has 0 amide bonds. The third kappa shape index (κ3) is 3.05. The molecule has 0 bridgehead atoms. The van der Waals surface area contributed by atoms with Gasteiger partial charge in [-0.25, -0.2) is 4.79 Å². The van der Waals surface area contributed by atoms with Crippen molar-refractivity contribution < 1.29 is 22.3 Å². The minimum Gasteiger partial charge on any atom is -0.489 e. The van der Waals surface area contributed by atoms with Crippen molar-refractivity contribution in [3.05, 3.63) is 65.1 Å². The Labute approximate surface area is 124 Å². The Hall–Kier alpha value is -2.50. The van der Waals surface area contributed by atoms with Crippen molar-refractivity contribution in [3.8, 4) is 5.75 Å². The summed E-state index contributed by atoms with van der Waals surface area (Å²) < 4.78 is 50.2. The van der Waals surface area contributed by atoms with Crippen molar-refractivity contribution in [2.24, 2.45) is 0 Å². The average Bonchev–Trinajstić information content (AvgIpc) is 2.44. The lowest BCUT2D eigenvalue weighted by molar-refractivity contribution is -0.137. The molecular weight excluding hydrogens is 297 g/mol. The quantitative estimate of drug-likeness (QED) is 0.616. The molecule has 0 aliphatic carbocycles. The van der Waals surface area contributed by atoms with E-state index in [1.807, 2.05) is 0 Å². The van der Waals surface area contributed by atoms with E-state index in [0.717, 1.165) is 0 Å². The van der Waals surface area contributed by atoms with Crippen LogP contribution in [0, 0.1) is 0 Å². The highest BCUT2D eigenvalue weighted by Crippen LogP contribution is 2.37. The van der Waals surface area contributed by atoms with Crippen LogP contribution in [0.4, 0.5) is 13.2 Å². The molecule has 0 saturated heterocycles. The van der Waals surface area contributed by atoms with E-state index in [2.05, 4.69) is 13.2 Å². The zero-order valence-corrected chi connectivity index (χ0v) is 11.6. The maximum Gasteiger partial charge on any atom is 0.417 e. The van der Waals surface area contributed by atoms with Crippen LogP contribution in [0.2, 0.25) is 0 Å². The van der Waals surface area contributed by atoms with Crippen LogP contribution in [0.25, 0.3) is 11.0 Å². The summed E-state index contributed by atoms with van der Waals surface area (Å²) in [5, 5.41) is -0.185. The van der Waals surface area contributed by atoms with Crippen molar-refractivity contribution in [2.45, 2.75) is 12.6 Å². The summed E-state index contributed by atoms with van der Waals surface area (Å²) in [5.74, 6) is 0.292. The van der Waals surface area contributed by atoms with E-state index in [0.29, 0.717) is 5.75 Å². The first-order chi connectivity index (χ1) is 10.4. The molecule has 1 heterocycles. The molecule has 0 atom stereocenters. The molecule has 3 nitrogen and oxygen atoms in total. The van der Waals surface area contributed by atoms with E-state index >= 15 is 0 Å². The number of benzene rings is 1. The smallest absolute Gasteiger partial charge is 0.417 e. The van der Waals surface area contributed by atoms with Crippen LogP contribution in [-0.2, 0) is 12.6 Å². The van der Waals surface area contributed by atoms with Crippen molar-refractivity contribution in [1.82, 2.24) is 0 Å². The first-order valence-corrected chi connectivity index (χ1v) is 6.40. The Balaban J connectivity index is 2.74. The molecule has 0 spiro atoms. The first-order valence-electron chi connectivity index (χ1n) is 6.40. The number of halogens is 3. The van der Waals surface area contributed by atoms with Crippen molar-refractivity contribution in [2.75, 3.05) is 6.61 Å². The maximum absolute atomic E-state index is 13.3. The average molecular weight is 310 g/mol. The van der Waals surface area contributed by atoms with Crippen LogP contribution in [0.15, 0.2) is 52.7 Å². The fraction of sp³-hybridized carbons (Fsp3) is 0.188. The molecule has 0 unspecified atom stereocenters. The minimum atomic E-state index is -4.67. The summed E-state index contributed by atoms with van der Waals surface area (Å²) in [6.45, 7) is 7.04. The molecule has 1 aromatic carbocycles. The number of rotatable bonds is 5. The van der Waals surface area contributed by atoms with E-state index in [4.69, 9.17) is 9.15 Å². The molecule has 0 N–H and O–H groups in total. The summed E-state index contributed by atoms with van der Waals surface area (Å²) >= 11 is 0. The number of hydrogen-bond donors (Lipinski definition) is 0.